The van der Waals surface area contributed by atoms with E-state index in [1.54, 1.807) is 26.2 Å². The van der Waals surface area contributed by atoms with Crippen LogP contribution < -0.4 is 10.0 Å². The molecule has 27 heavy (non-hydrogen) atoms. The fourth-order valence-corrected chi connectivity index (χ4v) is 4.05. The standard InChI is InChI=1S/C17H15N3O5S2/c1-20(2)17(23)26-11-5-3-10(4-6-11)19-27(24,25)12-7-8-13-14(9-12)16(22)18-15(13)21/h3-9,19H,1-2H3,(H,18,21,22). The molecule has 140 valence electrons. The molecule has 2 N–H and O–H groups in total. The number of amides is 3. The van der Waals surface area contributed by atoms with Crippen molar-refractivity contribution in [2.24, 2.45) is 0 Å². The van der Waals surface area contributed by atoms with E-state index < -0.39 is 21.8 Å². The Kier molecular flexibility index (Phi) is 4.94. The summed E-state index contributed by atoms with van der Waals surface area (Å²) < 4.78 is 27.5. The van der Waals surface area contributed by atoms with Gasteiger partial charge in [-0.2, -0.15) is 0 Å². The van der Waals surface area contributed by atoms with E-state index >= 15 is 0 Å². The molecule has 2 aromatic carbocycles. The van der Waals surface area contributed by atoms with Crippen LogP contribution in [0, 0.1) is 0 Å². The fourth-order valence-electron chi connectivity index (χ4n) is 2.31. The maximum atomic E-state index is 12.5. The number of hydrogen-bond acceptors (Lipinski definition) is 6. The number of imide groups is 1. The third kappa shape index (κ3) is 3.96. The van der Waals surface area contributed by atoms with Crippen LogP contribution in [-0.2, 0) is 10.0 Å². The molecular weight excluding hydrogens is 390 g/mol. The number of hydrogen-bond donors (Lipinski definition) is 2. The van der Waals surface area contributed by atoms with Crippen LogP contribution in [0.25, 0.3) is 0 Å². The third-order valence-electron chi connectivity index (χ3n) is 3.69. The van der Waals surface area contributed by atoms with Gasteiger partial charge in [0.05, 0.1) is 16.0 Å². The van der Waals surface area contributed by atoms with Gasteiger partial charge < -0.3 is 4.90 Å². The largest absolute Gasteiger partial charge is 0.339 e. The molecule has 3 rings (SSSR count). The zero-order chi connectivity index (χ0) is 19.8. The van der Waals surface area contributed by atoms with E-state index in [1.165, 1.54) is 29.2 Å². The summed E-state index contributed by atoms with van der Waals surface area (Å²) in [6, 6.07) is 10.0. The minimum Gasteiger partial charge on any atom is -0.339 e. The summed E-state index contributed by atoms with van der Waals surface area (Å²) in [6.07, 6.45) is 0. The fraction of sp³-hybridized carbons (Fsp3) is 0.118. The van der Waals surface area contributed by atoms with E-state index in [0.717, 1.165) is 17.8 Å². The Morgan fingerprint density at radius 1 is 1.00 bits per heavy atom. The number of benzene rings is 2. The first-order valence-electron chi connectivity index (χ1n) is 7.69. The van der Waals surface area contributed by atoms with Crippen LogP contribution in [-0.4, -0.2) is 44.5 Å². The molecule has 10 heteroatoms. The van der Waals surface area contributed by atoms with Crippen LogP contribution in [0.1, 0.15) is 20.7 Å². The molecule has 0 unspecified atom stereocenters. The molecule has 0 saturated carbocycles. The van der Waals surface area contributed by atoms with Crippen molar-refractivity contribution in [1.82, 2.24) is 10.2 Å². The summed E-state index contributed by atoms with van der Waals surface area (Å²) in [7, 11) is -0.666. The highest BCUT2D eigenvalue weighted by Gasteiger charge is 2.28. The highest BCUT2D eigenvalue weighted by Crippen LogP contribution is 2.25. The molecule has 0 aliphatic carbocycles. The number of anilines is 1. The van der Waals surface area contributed by atoms with Crippen molar-refractivity contribution in [3.63, 3.8) is 0 Å². The SMILES string of the molecule is CN(C)C(=O)Sc1ccc(NS(=O)(=O)c2ccc3c(c2)C(=O)NC3=O)cc1. The number of fused-ring (bicyclic) bond motifs is 1. The number of sulfonamides is 1. The maximum Gasteiger partial charge on any atom is 0.285 e. The minimum atomic E-state index is -3.95. The van der Waals surface area contributed by atoms with Crippen LogP contribution in [0.5, 0.6) is 0 Å². The molecule has 8 nitrogen and oxygen atoms in total. The number of carbonyl (C=O) groups excluding carboxylic acids is 3. The van der Waals surface area contributed by atoms with Crippen LogP contribution in [0.3, 0.4) is 0 Å². The van der Waals surface area contributed by atoms with Gasteiger partial charge in [-0.25, -0.2) is 8.42 Å². The molecule has 1 aliphatic rings. The molecule has 0 aromatic heterocycles. The summed E-state index contributed by atoms with van der Waals surface area (Å²) in [6.45, 7) is 0. The van der Waals surface area contributed by atoms with Crippen molar-refractivity contribution < 1.29 is 22.8 Å². The van der Waals surface area contributed by atoms with Crippen molar-refractivity contribution in [3.05, 3.63) is 53.6 Å². The lowest BCUT2D eigenvalue weighted by Crippen LogP contribution is -2.19. The van der Waals surface area contributed by atoms with Gasteiger partial charge in [-0.05, 0) is 54.2 Å². The van der Waals surface area contributed by atoms with E-state index in [0.29, 0.717) is 10.6 Å². The predicted octanol–water partition coefficient (Wildman–Crippen LogP) is 2.14. The van der Waals surface area contributed by atoms with E-state index in [9.17, 15) is 22.8 Å². The lowest BCUT2D eigenvalue weighted by atomic mass is 10.1. The summed E-state index contributed by atoms with van der Waals surface area (Å²) in [5, 5.41) is 1.97. The molecule has 0 spiro atoms. The van der Waals surface area contributed by atoms with Crippen LogP contribution in [0.15, 0.2) is 52.3 Å². The van der Waals surface area contributed by atoms with Crippen LogP contribution >= 0.6 is 11.8 Å². The smallest absolute Gasteiger partial charge is 0.285 e. The molecular formula is C17H15N3O5S2. The summed E-state index contributed by atoms with van der Waals surface area (Å²) in [4.78, 5) is 36.9. The summed E-state index contributed by atoms with van der Waals surface area (Å²) in [5.74, 6) is -1.17. The second-order valence-electron chi connectivity index (χ2n) is 5.88. The minimum absolute atomic E-state index is 0.0248. The molecule has 2 aromatic rings. The van der Waals surface area contributed by atoms with Gasteiger partial charge in [-0.1, -0.05) is 0 Å². The highest BCUT2D eigenvalue weighted by atomic mass is 32.2. The van der Waals surface area contributed by atoms with Crippen LogP contribution in [0.4, 0.5) is 10.5 Å². The number of nitrogens with one attached hydrogen (secondary N) is 2. The molecule has 1 heterocycles. The molecule has 3 amide bonds. The highest BCUT2D eigenvalue weighted by molar-refractivity contribution is 8.13. The Morgan fingerprint density at radius 3 is 2.26 bits per heavy atom. The molecule has 1 aliphatic heterocycles. The zero-order valence-electron chi connectivity index (χ0n) is 14.3. The van der Waals surface area contributed by atoms with E-state index in [2.05, 4.69) is 10.0 Å². The molecule has 0 atom stereocenters. The van der Waals surface area contributed by atoms with E-state index in [1.807, 2.05) is 0 Å². The Balaban J connectivity index is 1.79. The molecule has 0 fully saturated rings. The normalized spacial score (nSPS) is 13.1. The predicted molar refractivity (Wildman–Crippen MR) is 100 cm³/mol. The topological polar surface area (TPSA) is 113 Å². The first-order valence-corrected chi connectivity index (χ1v) is 9.99. The van der Waals surface area contributed by atoms with Crippen molar-refractivity contribution in [1.29, 1.82) is 0 Å². The van der Waals surface area contributed by atoms with Crippen LogP contribution in [0.2, 0.25) is 0 Å². The quantitative estimate of drug-likeness (QED) is 0.595. The number of nitrogens with zero attached hydrogens (tertiary/aromatic N) is 1. The van der Waals surface area contributed by atoms with Gasteiger partial charge >= 0.3 is 0 Å². The van der Waals surface area contributed by atoms with Gasteiger partial charge in [0.25, 0.3) is 27.1 Å². The Bertz CT molecular complexity index is 1050. The lowest BCUT2D eigenvalue weighted by molar-refractivity contribution is 0.0879. The Hall–Kier alpha value is -2.85. The van der Waals surface area contributed by atoms with Gasteiger partial charge in [0, 0.05) is 24.7 Å². The Labute approximate surface area is 160 Å². The first kappa shape index (κ1) is 18.9. The number of carbonyl (C=O) groups is 3. The van der Waals surface area contributed by atoms with Crippen molar-refractivity contribution >= 4 is 44.5 Å². The van der Waals surface area contributed by atoms with Crippen molar-refractivity contribution in [2.75, 3.05) is 18.8 Å². The second-order valence-corrected chi connectivity index (χ2v) is 8.59. The summed E-state index contributed by atoms with van der Waals surface area (Å²) in [5.41, 5.74) is 0.473. The zero-order valence-corrected chi connectivity index (χ0v) is 16.0. The summed E-state index contributed by atoms with van der Waals surface area (Å²) >= 11 is 1.02. The first-order chi connectivity index (χ1) is 12.7. The third-order valence-corrected chi connectivity index (χ3v) is 6.12. The van der Waals surface area contributed by atoms with Crippen molar-refractivity contribution in [3.8, 4) is 0 Å². The van der Waals surface area contributed by atoms with Gasteiger partial charge in [0.2, 0.25) is 0 Å². The van der Waals surface area contributed by atoms with Gasteiger partial charge in [0.1, 0.15) is 0 Å². The average molecular weight is 405 g/mol. The lowest BCUT2D eigenvalue weighted by Gasteiger charge is -2.11. The monoisotopic (exact) mass is 405 g/mol. The van der Waals surface area contributed by atoms with Gasteiger partial charge in [-0.15, -0.1) is 0 Å². The Morgan fingerprint density at radius 2 is 1.63 bits per heavy atom. The molecule has 0 saturated heterocycles. The average Bonchev–Trinajstić information content (AvgIpc) is 2.90. The van der Waals surface area contributed by atoms with E-state index in [4.69, 9.17) is 0 Å². The van der Waals surface area contributed by atoms with Crippen molar-refractivity contribution in [2.45, 2.75) is 9.79 Å². The van der Waals surface area contributed by atoms with Gasteiger partial charge in [0.15, 0.2) is 0 Å². The number of rotatable bonds is 4. The number of thioether (sulfide) groups is 1. The molecule has 0 radical (unpaired) electrons. The van der Waals surface area contributed by atoms with Gasteiger partial charge in [-0.3, -0.25) is 24.4 Å². The van der Waals surface area contributed by atoms with E-state index in [-0.39, 0.29) is 21.3 Å². The molecule has 0 bridgehead atoms. The second kappa shape index (κ2) is 7.05. The maximum absolute atomic E-state index is 12.5.